The molecule has 2 heterocycles. The minimum Gasteiger partial charge on any atom is -0.305 e. The molecule has 0 aliphatic heterocycles. The molecule has 7 heteroatoms. The fourth-order valence-electron chi connectivity index (χ4n) is 1.63. The zero-order chi connectivity index (χ0) is 13.8. The second-order valence-electron chi connectivity index (χ2n) is 3.92. The number of urea groups is 1. The molecular formula is C13H10N6O. The van der Waals surface area contributed by atoms with E-state index in [0.29, 0.717) is 17.2 Å². The first-order valence-corrected chi connectivity index (χ1v) is 5.89. The Bertz CT molecular complexity index is 765. The molecule has 3 rings (SSSR count). The van der Waals surface area contributed by atoms with Crippen molar-refractivity contribution in [2.45, 2.75) is 0 Å². The highest BCUT2D eigenvalue weighted by atomic mass is 16.2. The van der Waals surface area contributed by atoms with Gasteiger partial charge in [0.2, 0.25) is 0 Å². The number of azo groups is 1. The Labute approximate surface area is 114 Å². The lowest BCUT2D eigenvalue weighted by Gasteiger charge is -1.99. The van der Waals surface area contributed by atoms with Crippen molar-refractivity contribution >= 4 is 23.2 Å². The van der Waals surface area contributed by atoms with E-state index in [1.807, 2.05) is 18.2 Å². The van der Waals surface area contributed by atoms with Crippen molar-refractivity contribution in [3.8, 4) is 0 Å². The summed E-state index contributed by atoms with van der Waals surface area (Å²) in [6.45, 7) is 0. The molecular weight excluding hydrogens is 256 g/mol. The first-order valence-electron chi connectivity index (χ1n) is 5.89. The summed E-state index contributed by atoms with van der Waals surface area (Å²) in [7, 11) is 0. The van der Waals surface area contributed by atoms with Crippen LogP contribution in [0.25, 0.3) is 5.65 Å². The minimum absolute atomic E-state index is 0.332. The second-order valence-corrected chi connectivity index (χ2v) is 3.92. The van der Waals surface area contributed by atoms with Crippen LogP contribution in [0, 0.1) is 0 Å². The zero-order valence-corrected chi connectivity index (χ0v) is 10.3. The molecule has 7 nitrogen and oxygen atoms in total. The number of nitrogens with one attached hydrogen (secondary N) is 1. The average Bonchev–Trinajstić information content (AvgIpc) is 2.93. The van der Waals surface area contributed by atoms with Crippen LogP contribution < -0.4 is 5.32 Å². The molecule has 0 aliphatic carbocycles. The Kier molecular flexibility index (Phi) is 3.15. The third-order valence-corrected chi connectivity index (χ3v) is 2.51. The van der Waals surface area contributed by atoms with Crippen LogP contribution in [0.1, 0.15) is 0 Å². The Morgan fingerprint density at radius 2 is 2.00 bits per heavy atom. The van der Waals surface area contributed by atoms with Gasteiger partial charge in [-0.25, -0.2) is 14.3 Å². The van der Waals surface area contributed by atoms with E-state index in [1.54, 1.807) is 41.2 Å². The molecule has 0 unspecified atom stereocenters. The maximum atomic E-state index is 11.6. The summed E-state index contributed by atoms with van der Waals surface area (Å²) in [4.78, 5) is 15.6. The SMILES string of the molecule is O=C(N=Nc1ccc2nccn2n1)Nc1ccccc1. The lowest BCUT2D eigenvalue weighted by atomic mass is 10.3. The highest BCUT2D eigenvalue weighted by molar-refractivity contribution is 5.89. The summed E-state index contributed by atoms with van der Waals surface area (Å²) in [6.07, 6.45) is 3.32. The van der Waals surface area contributed by atoms with Crippen LogP contribution in [0.4, 0.5) is 16.3 Å². The lowest BCUT2D eigenvalue weighted by Crippen LogP contribution is -2.04. The predicted molar refractivity (Wildman–Crippen MR) is 73.0 cm³/mol. The number of imidazole rings is 1. The summed E-state index contributed by atoms with van der Waals surface area (Å²) < 4.78 is 1.56. The van der Waals surface area contributed by atoms with Crippen molar-refractivity contribution in [1.29, 1.82) is 0 Å². The number of carbonyl (C=O) groups excluding carboxylic acids is 1. The first kappa shape index (κ1) is 12.0. The largest absolute Gasteiger partial charge is 0.364 e. The quantitative estimate of drug-likeness (QED) is 0.723. The third kappa shape index (κ3) is 2.66. The molecule has 20 heavy (non-hydrogen) atoms. The highest BCUT2D eigenvalue weighted by Gasteiger charge is 2.00. The maximum absolute atomic E-state index is 11.6. The summed E-state index contributed by atoms with van der Waals surface area (Å²) in [5.41, 5.74) is 1.37. The Hall–Kier alpha value is -3.09. The number of hydrogen-bond donors (Lipinski definition) is 1. The van der Waals surface area contributed by atoms with E-state index in [-0.39, 0.29) is 0 Å². The molecule has 0 spiro atoms. The topological polar surface area (TPSA) is 84.0 Å². The predicted octanol–water partition coefficient (Wildman–Crippen LogP) is 3.05. The van der Waals surface area contributed by atoms with Gasteiger partial charge in [-0.15, -0.1) is 10.2 Å². The van der Waals surface area contributed by atoms with Crippen LogP contribution in [0.15, 0.2) is 65.1 Å². The van der Waals surface area contributed by atoms with Crippen molar-refractivity contribution < 1.29 is 4.79 Å². The van der Waals surface area contributed by atoms with Gasteiger partial charge in [-0.1, -0.05) is 23.3 Å². The molecule has 1 N–H and O–H groups in total. The molecule has 1 aromatic carbocycles. The molecule has 0 radical (unpaired) electrons. The maximum Gasteiger partial charge on any atom is 0.364 e. The number of carbonyl (C=O) groups is 1. The van der Waals surface area contributed by atoms with E-state index >= 15 is 0 Å². The third-order valence-electron chi connectivity index (χ3n) is 2.51. The fraction of sp³-hybridized carbons (Fsp3) is 0. The molecule has 2 aromatic heterocycles. The van der Waals surface area contributed by atoms with Crippen molar-refractivity contribution in [2.24, 2.45) is 10.2 Å². The summed E-state index contributed by atoms with van der Waals surface area (Å²) >= 11 is 0. The van der Waals surface area contributed by atoms with E-state index in [1.165, 1.54) is 0 Å². The zero-order valence-electron chi connectivity index (χ0n) is 10.3. The number of nitrogens with zero attached hydrogens (tertiary/aromatic N) is 5. The minimum atomic E-state index is -0.552. The van der Waals surface area contributed by atoms with Crippen LogP contribution in [-0.4, -0.2) is 20.6 Å². The van der Waals surface area contributed by atoms with Crippen LogP contribution in [-0.2, 0) is 0 Å². The van der Waals surface area contributed by atoms with E-state index < -0.39 is 6.03 Å². The van der Waals surface area contributed by atoms with Crippen LogP contribution in [0.2, 0.25) is 0 Å². The Morgan fingerprint density at radius 3 is 2.85 bits per heavy atom. The van der Waals surface area contributed by atoms with Gasteiger partial charge in [0, 0.05) is 18.1 Å². The second kappa shape index (κ2) is 5.27. The van der Waals surface area contributed by atoms with Gasteiger partial charge in [0.15, 0.2) is 11.5 Å². The number of aromatic nitrogens is 3. The van der Waals surface area contributed by atoms with Crippen LogP contribution >= 0.6 is 0 Å². The number of hydrogen-bond acceptors (Lipinski definition) is 4. The van der Waals surface area contributed by atoms with Gasteiger partial charge < -0.3 is 5.32 Å². The average molecular weight is 266 g/mol. The summed E-state index contributed by atoms with van der Waals surface area (Å²) in [5, 5.41) is 14.1. The molecule has 0 bridgehead atoms. The van der Waals surface area contributed by atoms with E-state index in [0.717, 1.165) is 0 Å². The van der Waals surface area contributed by atoms with Gasteiger partial charge in [-0.2, -0.15) is 0 Å². The number of anilines is 1. The van der Waals surface area contributed by atoms with Gasteiger partial charge in [-0.3, -0.25) is 0 Å². The smallest absolute Gasteiger partial charge is 0.305 e. The summed E-state index contributed by atoms with van der Waals surface area (Å²) in [5.74, 6) is 0.332. The van der Waals surface area contributed by atoms with Gasteiger partial charge in [-0.05, 0) is 24.3 Å². The molecule has 98 valence electrons. The number of amides is 2. The van der Waals surface area contributed by atoms with Crippen molar-refractivity contribution in [3.63, 3.8) is 0 Å². The number of para-hydroxylation sites is 1. The number of rotatable bonds is 2. The number of fused-ring (bicyclic) bond motifs is 1. The summed E-state index contributed by atoms with van der Waals surface area (Å²) in [6, 6.07) is 11.9. The van der Waals surface area contributed by atoms with Crippen LogP contribution in [0.5, 0.6) is 0 Å². The molecule has 0 atom stereocenters. The van der Waals surface area contributed by atoms with Gasteiger partial charge in [0.25, 0.3) is 0 Å². The number of benzene rings is 1. The lowest BCUT2D eigenvalue weighted by molar-refractivity contribution is 0.258. The molecule has 0 aliphatic rings. The molecule has 2 amide bonds. The molecule has 3 aromatic rings. The van der Waals surface area contributed by atoms with Crippen molar-refractivity contribution in [2.75, 3.05) is 5.32 Å². The standard InChI is InChI=1S/C13H10N6O/c20-13(15-10-4-2-1-3-5-10)17-16-11-6-7-12-14-8-9-19(12)18-11/h1-9H,(H,15,20). The fourth-order valence-corrected chi connectivity index (χ4v) is 1.63. The Balaban J connectivity index is 1.71. The van der Waals surface area contributed by atoms with E-state index in [4.69, 9.17) is 0 Å². The van der Waals surface area contributed by atoms with E-state index in [2.05, 4.69) is 25.6 Å². The highest BCUT2D eigenvalue weighted by Crippen LogP contribution is 2.10. The van der Waals surface area contributed by atoms with Gasteiger partial charge in [0.05, 0.1) is 0 Å². The van der Waals surface area contributed by atoms with Gasteiger partial charge >= 0.3 is 6.03 Å². The monoisotopic (exact) mass is 266 g/mol. The van der Waals surface area contributed by atoms with Gasteiger partial charge in [0.1, 0.15) is 0 Å². The normalized spacial score (nSPS) is 11.0. The molecule has 0 fully saturated rings. The molecule has 0 saturated carbocycles. The van der Waals surface area contributed by atoms with Crippen molar-refractivity contribution in [1.82, 2.24) is 14.6 Å². The van der Waals surface area contributed by atoms with E-state index in [9.17, 15) is 4.79 Å². The van der Waals surface area contributed by atoms with Crippen molar-refractivity contribution in [3.05, 3.63) is 54.9 Å². The molecule has 0 saturated heterocycles. The van der Waals surface area contributed by atoms with Crippen LogP contribution in [0.3, 0.4) is 0 Å². The first-order chi connectivity index (χ1) is 9.81. The Morgan fingerprint density at radius 1 is 1.15 bits per heavy atom.